The number of amides is 1. The number of rotatable bonds is 8. The summed E-state index contributed by atoms with van der Waals surface area (Å²) in [4.78, 5) is 26.8. The smallest absolute Gasteiger partial charge is 0.258 e. The topological polar surface area (TPSA) is 128 Å². The van der Waals surface area contributed by atoms with Crippen LogP contribution in [0.4, 0.5) is 31.8 Å². The van der Waals surface area contributed by atoms with Crippen LogP contribution in [0.1, 0.15) is 55.8 Å². The van der Waals surface area contributed by atoms with Crippen molar-refractivity contribution in [3.63, 3.8) is 0 Å². The van der Waals surface area contributed by atoms with Crippen molar-refractivity contribution < 1.29 is 27.1 Å². The SMILES string of the molecule is C[C@@H](CO)S(=O)(=O)Nc1ccc(C(=O)Nc2cc3cccnc3c(N3CCC(F)(F)CC3)n2)c(N2CCC3(CC2)CC3)c1. The minimum atomic E-state index is -3.83. The highest BCUT2D eigenvalue weighted by atomic mass is 32.2. The highest BCUT2D eigenvalue weighted by Gasteiger charge is 2.44. The van der Waals surface area contributed by atoms with Gasteiger partial charge in [0.05, 0.1) is 23.5 Å². The number of benzene rings is 1. The van der Waals surface area contributed by atoms with Crippen LogP contribution in [0.25, 0.3) is 10.9 Å². The average Bonchev–Trinajstić information content (AvgIpc) is 3.74. The first-order valence-corrected chi connectivity index (χ1v) is 16.2. The first-order valence-electron chi connectivity index (χ1n) is 14.7. The number of alkyl halides is 2. The summed E-state index contributed by atoms with van der Waals surface area (Å²) in [6.07, 6.45) is 5.49. The number of anilines is 4. The molecule has 2 aliphatic heterocycles. The second kappa shape index (κ2) is 11.2. The molecule has 6 rings (SSSR count). The Morgan fingerprint density at radius 3 is 2.40 bits per heavy atom. The number of piperidine rings is 2. The van der Waals surface area contributed by atoms with E-state index in [4.69, 9.17) is 0 Å². The molecule has 0 radical (unpaired) electrons. The Morgan fingerprint density at radius 2 is 1.72 bits per heavy atom. The van der Waals surface area contributed by atoms with Gasteiger partial charge >= 0.3 is 0 Å². The highest BCUT2D eigenvalue weighted by Crippen LogP contribution is 2.54. The monoisotopic (exact) mass is 614 g/mol. The molecule has 0 bridgehead atoms. The molecule has 230 valence electrons. The summed E-state index contributed by atoms with van der Waals surface area (Å²) in [7, 11) is -3.83. The van der Waals surface area contributed by atoms with E-state index in [0.717, 1.165) is 25.9 Å². The van der Waals surface area contributed by atoms with Gasteiger partial charge in [-0.15, -0.1) is 0 Å². The molecular weight excluding hydrogens is 578 g/mol. The van der Waals surface area contributed by atoms with Crippen molar-refractivity contribution in [3.05, 3.63) is 48.2 Å². The number of hydrogen-bond acceptors (Lipinski definition) is 8. The molecule has 1 saturated carbocycles. The van der Waals surface area contributed by atoms with Gasteiger partial charge in [0, 0.05) is 50.6 Å². The quantitative estimate of drug-likeness (QED) is 0.336. The van der Waals surface area contributed by atoms with Gasteiger partial charge in [0.1, 0.15) is 16.6 Å². The fourth-order valence-electron chi connectivity index (χ4n) is 5.89. The number of nitrogens with zero attached hydrogens (tertiary/aromatic N) is 4. The van der Waals surface area contributed by atoms with Gasteiger partial charge in [-0.25, -0.2) is 22.2 Å². The van der Waals surface area contributed by atoms with E-state index in [-0.39, 0.29) is 31.7 Å². The molecule has 43 heavy (non-hydrogen) atoms. The maximum atomic E-state index is 13.9. The summed E-state index contributed by atoms with van der Waals surface area (Å²) < 4.78 is 55.6. The Morgan fingerprint density at radius 1 is 1.02 bits per heavy atom. The van der Waals surface area contributed by atoms with E-state index in [1.807, 2.05) is 6.07 Å². The number of carbonyl (C=O) groups excluding carboxylic acids is 1. The molecule has 13 heteroatoms. The molecule has 3 N–H and O–H groups in total. The van der Waals surface area contributed by atoms with E-state index in [2.05, 4.69) is 24.9 Å². The summed E-state index contributed by atoms with van der Waals surface area (Å²) in [5.41, 5.74) is 2.23. The highest BCUT2D eigenvalue weighted by molar-refractivity contribution is 7.93. The first kappa shape index (κ1) is 29.5. The second-order valence-electron chi connectivity index (χ2n) is 12.1. The first-order chi connectivity index (χ1) is 20.5. The normalized spacial score (nSPS) is 20.2. The average molecular weight is 615 g/mol. The number of sulfonamides is 1. The lowest BCUT2D eigenvalue weighted by molar-refractivity contribution is -0.0221. The molecule has 2 saturated heterocycles. The van der Waals surface area contributed by atoms with Gasteiger partial charge in [-0.3, -0.25) is 14.5 Å². The molecule has 1 atom stereocenters. The van der Waals surface area contributed by atoms with Gasteiger partial charge in [-0.05, 0) is 68.4 Å². The summed E-state index contributed by atoms with van der Waals surface area (Å²) in [6.45, 7) is 2.62. The molecule has 1 aromatic carbocycles. The lowest BCUT2D eigenvalue weighted by atomic mass is 9.93. The van der Waals surface area contributed by atoms with Crippen molar-refractivity contribution in [2.24, 2.45) is 5.41 Å². The largest absolute Gasteiger partial charge is 0.395 e. The number of halogens is 2. The Bertz CT molecular complexity index is 1630. The molecule has 2 aromatic heterocycles. The zero-order valence-corrected chi connectivity index (χ0v) is 24.8. The van der Waals surface area contributed by atoms with Crippen molar-refractivity contribution in [2.75, 3.05) is 52.6 Å². The van der Waals surface area contributed by atoms with Crippen LogP contribution in [0.5, 0.6) is 0 Å². The number of fused-ring (bicyclic) bond motifs is 1. The maximum Gasteiger partial charge on any atom is 0.258 e. The van der Waals surface area contributed by atoms with E-state index in [0.29, 0.717) is 39.1 Å². The standard InChI is InChI=1S/C30H36F2N6O4S/c1-20(19-39)43(41,42)36-22-4-5-23(24(18-22)37-13-8-29(6-7-29)9-14-37)28(40)35-25-17-21-3-2-12-33-26(21)27(34-25)38-15-10-30(31,32)11-16-38/h2-5,12,17-18,20,36,39H,6-11,13-16,19H2,1H3,(H,34,35,40)/t20-/m0/s1. The lowest BCUT2D eigenvalue weighted by Gasteiger charge is -2.35. The molecular formula is C30H36F2N6O4S. The Kier molecular flexibility index (Phi) is 7.66. The van der Waals surface area contributed by atoms with Crippen LogP contribution >= 0.6 is 0 Å². The van der Waals surface area contributed by atoms with Crippen LogP contribution in [0.15, 0.2) is 42.6 Å². The van der Waals surface area contributed by atoms with Gasteiger partial charge in [0.15, 0.2) is 5.82 Å². The van der Waals surface area contributed by atoms with Crippen LogP contribution in [0, 0.1) is 5.41 Å². The molecule has 4 heterocycles. The predicted molar refractivity (Wildman–Crippen MR) is 163 cm³/mol. The number of nitrogens with one attached hydrogen (secondary N) is 2. The van der Waals surface area contributed by atoms with E-state index < -0.39 is 33.7 Å². The minimum Gasteiger partial charge on any atom is -0.395 e. The molecule has 3 aliphatic rings. The van der Waals surface area contributed by atoms with Crippen molar-refractivity contribution in [1.82, 2.24) is 9.97 Å². The molecule has 10 nitrogen and oxygen atoms in total. The third-order valence-electron chi connectivity index (χ3n) is 9.02. The predicted octanol–water partition coefficient (Wildman–Crippen LogP) is 4.62. The second-order valence-corrected chi connectivity index (χ2v) is 14.2. The number of pyridine rings is 2. The third-order valence-corrected chi connectivity index (χ3v) is 10.7. The van der Waals surface area contributed by atoms with Crippen molar-refractivity contribution in [2.45, 2.75) is 56.6 Å². The molecule has 1 spiro atoms. The fourth-order valence-corrected chi connectivity index (χ4v) is 6.74. The van der Waals surface area contributed by atoms with Crippen molar-refractivity contribution in [1.29, 1.82) is 0 Å². The van der Waals surface area contributed by atoms with Crippen LogP contribution in [0.2, 0.25) is 0 Å². The van der Waals surface area contributed by atoms with Crippen LogP contribution in [0.3, 0.4) is 0 Å². The van der Waals surface area contributed by atoms with Crippen molar-refractivity contribution in [3.8, 4) is 0 Å². The lowest BCUT2D eigenvalue weighted by Crippen LogP contribution is -2.40. The Balaban J connectivity index is 1.31. The maximum absolute atomic E-state index is 13.9. The number of aromatic nitrogens is 2. The van der Waals surface area contributed by atoms with Gasteiger partial charge in [-0.2, -0.15) is 0 Å². The van der Waals surface area contributed by atoms with Gasteiger partial charge in [0.2, 0.25) is 10.0 Å². The summed E-state index contributed by atoms with van der Waals surface area (Å²) >= 11 is 0. The van der Waals surface area contributed by atoms with E-state index in [1.54, 1.807) is 35.4 Å². The minimum absolute atomic E-state index is 0.121. The summed E-state index contributed by atoms with van der Waals surface area (Å²) in [5.74, 6) is -2.43. The summed E-state index contributed by atoms with van der Waals surface area (Å²) in [5, 5.41) is 12.0. The van der Waals surface area contributed by atoms with Crippen LogP contribution in [-0.2, 0) is 10.0 Å². The number of carbonyl (C=O) groups is 1. The Hall–Kier alpha value is -3.58. The number of aliphatic hydroxyl groups excluding tert-OH is 1. The van der Waals surface area contributed by atoms with Crippen molar-refractivity contribution >= 4 is 49.8 Å². The van der Waals surface area contributed by atoms with Gasteiger partial charge < -0.3 is 20.2 Å². The van der Waals surface area contributed by atoms with Gasteiger partial charge in [-0.1, -0.05) is 6.07 Å². The molecule has 3 fully saturated rings. The molecule has 3 aromatic rings. The van der Waals surface area contributed by atoms with E-state index >= 15 is 0 Å². The third kappa shape index (κ3) is 6.23. The zero-order chi connectivity index (χ0) is 30.4. The van der Waals surface area contributed by atoms with Crippen LogP contribution < -0.4 is 19.8 Å². The Labute approximate surface area is 249 Å². The molecule has 0 unspecified atom stereocenters. The zero-order valence-electron chi connectivity index (χ0n) is 24.0. The number of hydrogen-bond donors (Lipinski definition) is 3. The van der Waals surface area contributed by atoms with E-state index in [1.165, 1.54) is 25.8 Å². The number of aliphatic hydroxyl groups is 1. The van der Waals surface area contributed by atoms with Gasteiger partial charge in [0.25, 0.3) is 11.8 Å². The van der Waals surface area contributed by atoms with Crippen LogP contribution in [-0.4, -0.2) is 73.4 Å². The fraction of sp³-hybridized carbons (Fsp3) is 0.500. The van der Waals surface area contributed by atoms with E-state index in [9.17, 15) is 27.1 Å². The molecule has 1 amide bonds. The summed E-state index contributed by atoms with van der Waals surface area (Å²) in [6, 6.07) is 10.1. The molecule has 1 aliphatic carbocycles.